The second-order valence-electron chi connectivity index (χ2n) is 9.70. The summed E-state index contributed by atoms with van der Waals surface area (Å²) in [5, 5.41) is 28.5. The number of phenols is 1. The first-order chi connectivity index (χ1) is 18.8. The third kappa shape index (κ3) is 5.81. The first-order valence-corrected chi connectivity index (χ1v) is 14.1. The molecule has 4 amide bonds. The molecule has 0 unspecified atom stereocenters. The number of imide groups is 1. The number of nitrogens with zero attached hydrogens (tertiary/aromatic N) is 2. The molecule has 2 aliphatic heterocycles. The highest BCUT2D eigenvalue weighted by Crippen LogP contribution is 2.37. The van der Waals surface area contributed by atoms with E-state index in [-0.39, 0.29) is 31.6 Å². The van der Waals surface area contributed by atoms with Crippen LogP contribution in [-0.4, -0.2) is 78.7 Å². The number of primary sulfonamides is 1. The number of ketones is 1. The van der Waals surface area contributed by atoms with E-state index in [1.165, 1.54) is 11.0 Å². The van der Waals surface area contributed by atoms with Gasteiger partial charge < -0.3 is 25.0 Å². The highest BCUT2D eigenvalue weighted by atomic mass is 32.2. The summed E-state index contributed by atoms with van der Waals surface area (Å²) in [6.45, 7) is 3.81. The van der Waals surface area contributed by atoms with Crippen molar-refractivity contribution in [1.29, 1.82) is 0 Å². The monoisotopic (exact) mass is 572 g/mol. The number of nitrogens with one attached hydrogen (secondary N) is 1. The molecule has 5 N–H and O–H groups in total. The minimum atomic E-state index is -4.29. The minimum Gasteiger partial charge on any atom is -0.536 e. The molecule has 13 nitrogen and oxygen atoms in total. The molecular weight excluding hydrogens is 543 g/mol. The molecule has 2 aromatic carbocycles. The number of aryl methyl sites for hydroxylation is 1. The van der Waals surface area contributed by atoms with E-state index < -0.39 is 63.3 Å². The van der Waals surface area contributed by atoms with E-state index in [0.717, 1.165) is 23.3 Å². The first-order valence-electron chi connectivity index (χ1n) is 12.5. The molecule has 40 heavy (non-hydrogen) atoms. The molecule has 2 aliphatic rings. The Morgan fingerprint density at radius 3 is 2.58 bits per heavy atom. The zero-order valence-electron chi connectivity index (χ0n) is 21.9. The van der Waals surface area contributed by atoms with E-state index >= 15 is 0 Å². The number of sulfonamides is 1. The predicted molar refractivity (Wildman–Crippen MR) is 142 cm³/mol. The number of rotatable bonds is 7. The Bertz CT molecular complexity index is 1480. The van der Waals surface area contributed by atoms with Gasteiger partial charge in [-0.15, -0.1) is 0 Å². The van der Waals surface area contributed by atoms with Crippen LogP contribution < -0.4 is 15.1 Å². The number of carbonyl (C=O) groups excluding carboxylic acids is 4. The molecule has 0 aromatic heterocycles. The SMILES string of the molecule is CCN1CCN(C(=O)N[C@@H](C(=O)C[C@H]2Cc3cccc(C)c3OB2O)c2ccc(S(N)(=O)=O)c(O)c2)C(=O)C1=O. The minimum absolute atomic E-state index is 0.00307. The second kappa shape index (κ2) is 11.3. The van der Waals surface area contributed by atoms with Crippen molar-refractivity contribution in [3.63, 3.8) is 0 Å². The number of Topliss-reactive ketones (excluding diaryl/α,β-unsaturated/α-hetero) is 1. The summed E-state index contributed by atoms with van der Waals surface area (Å²) in [4.78, 5) is 53.0. The van der Waals surface area contributed by atoms with Gasteiger partial charge in [0, 0.05) is 31.9 Å². The van der Waals surface area contributed by atoms with Gasteiger partial charge in [-0.1, -0.05) is 24.3 Å². The number of phenolic OH excluding ortho intramolecular Hbond substituents is 1. The van der Waals surface area contributed by atoms with Crippen LogP contribution in [-0.2, 0) is 30.8 Å². The quantitative estimate of drug-likeness (QED) is 0.265. The molecule has 1 saturated heterocycles. The van der Waals surface area contributed by atoms with E-state index in [1.54, 1.807) is 6.92 Å². The predicted octanol–water partition coefficient (Wildman–Crippen LogP) is 0.234. The lowest BCUT2D eigenvalue weighted by Gasteiger charge is -2.33. The van der Waals surface area contributed by atoms with Crippen molar-refractivity contribution in [3.8, 4) is 11.5 Å². The summed E-state index contributed by atoms with van der Waals surface area (Å²) in [5.74, 6) is -3.46. The normalized spacial score (nSPS) is 18.2. The van der Waals surface area contributed by atoms with Crippen molar-refractivity contribution in [2.75, 3.05) is 19.6 Å². The number of hydrogen-bond donors (Lipinski definition) is 4. The lowest BCUT2D eigenvalue weighted by molar-refractivity contribution is -0.153. The van der Waals surface area contributed by atoms with Crippen molar-refractivity contribution in [2.24, 2.45) is 5.14 Å². The van der Waals surface area contributed by atoms with Gasteiger partial charge in [0.25, 0.3) is 0 Å². The number of amides is 4. The molecule has 2 heterocycles. The van der Waals surface area contributed by atoms with Crippen LogP contribution >= 0.6 is 0 Å². The number of urea groups is 1. The van der Waals surface area contributed by atoms with Crippen LogP contribution in [0, 0.1) is 6.92 Å². The van der Waals surface area contributed by atoms with Gasteiger partial charge in [0.15, 0.2) is 5.78 Å². The third-order valence-electron chi connectivity index (χ3n) is 7.03. The Morgan fingerprint density at radius 2 is 1.93 bits per heavy atom. The van der Waals surface area contributed by atoms with Gasteiger partial charge in [0.1, 0.15) is 22.4 Å². The van der Waals surface area contributed by atoms with Gasteiger partial charge in [0.2, 0.25) is 10.0 Å². The standard InChI is InChI=1S/C25H29BN4O9S/c1-3-29-9-10-30(24(34)23(29)33)25(35)28-21(15-7-8-20(18(31)12-15)40(27,37)38)19(32)13-17-11-16-6-4-5-14(2)22(16)39-26(17)36/h4-8,12,17,21,31,36H,3,9-11,13H2,1-2H3,(H,28,35)(H2,27,37,38)/t17-,21-/m1/s1. The fraction of sp³-hybridized carbons (Fsp3) is 0.360. The maximum absolute atomic E-state index is 13.6. The van der Waals surface area contributed by atoms with Crippen molar-refractivity contribution >= 4 is 40.8 Å². The Kier molecular flexibility index (Phi) is 8.19. The molecular formula is C25H29BN4O9S. The van der Waals surface area contributed by atoms with E-state index in [2.05, 4.69) is 5.32 Å². The van der Waals surface area contributed by atoms with Gasteiger partial charge in [-0.3, -0.25) is 19.3 Å². The van der Waals surface area contributed by atoms with Crippen LogP contribution in [0.5, 0.6) is 11.5 Å². The van der Waals surface area contributed by atoms with Gasteiger partial charge >= 0.3 is 25.0 Å². The highest BCUT2D eigenvalue weighted by molar-refractivity contribution is 7.89. The Hall–Kier alpha value is -3.95. The second-order valence-corrected chi connectivity index (χ2v) is 11.2. The number of hydrogen-bond acceptors (Lipinski definition) is 9. The van der Waals surface area contributed by atoms with Crippen LogP contribution in [0.25, 0.3) is 0 Å². The molecule has 0 aliphatic carbocycles. The van der Waals surface area contributed by atoms with Gasteiger partial charge in [-0.2, -0.15) is 0 Å². The fourth-order valence-electron chi connectivity index (χ4n) is 4.87. The van der Waals surface area contributed by atoms with Crippen LogP contribution in [0.4, 0.5) is 4.79 Å². The van der Waals surface area contributed by atoms with Crippen molar-refractivity contribution in [1.82, 2.24) is 15.1 Å². The number of aromatic hydroxyl groups is 1. The maximum Gasteiger partial charge on any atom is 0.526 e. The Morgan fingerprint density at radius 1 is 1.20 bits per heavy atom. The first kappa shape index (κ1) is 29.0. The molecule has 0 saturated carbocycles. The van der Waals surface area contributed by atoms with Crippen molar-refractivity contribution < 1.29 is 42.4 Å². The fourth-order valence-corrected chi connectivity index (χ4v) is 5.48. The molecule has 212 valence electrons. The molecule has 0 bridgehead atoms. The highest BCUT2D eigenvalue weighted by Gasteiger charge is 2.40. The van der Waals surface area contributed by atoms with Crippen LogP contribution in [0.15, 0.2) is 41.3 Å². The number of nitrogens with two attached hydrogens (primary N) is 1. The number of para-hydroxylation sites is 1. The lowest BCUT2D eigenvalue weighted by Crippen LogP contribution is -2.58. The number of carbonyl (C=O) groups is 4. The third-order valence-corrected chi connectivity index (χ3v) is 7.99. The van der Waals surface area contributed by atoms with E-state index in [0.29, 0.717) is 17.1 Å². The smallest absolute Gasteiger partial charge is 0.526 e. The summed E-state index contributed by atoms with van der Waals surface area (Å²) < 4.78 is 29.2. The molecule has 2 atom stereocenters. The topological polar surface area (TPSA) is 197 Å². The van der Waals surface area contributed by atoms with Gasteiger partial charge in [0.05, 0.1) is 0 Å². The Balaban J connectivity index is 1.62. The molecule has 0 spiro atoms. The molecule has 15 heteroatoms. The van der Waals surface area contributed by atoms with Gasteiger partial charge in [-0.05, 0) is 49.1 Å². The number of fused-ring (bicyclic) bond motifs is 1. The van der Waals surface area contributed by atoms with Crippen molar-refractivity contribution in [3.05, 3.63) is 53.1 Å². The molecule has 4 rings (SSSR count). The number of piperazine rings is 1. The van der Waals surface area contributed by atoms with E-state index in [4.69, 9.17) is 9.79 Å². The summed E-state index contributed by atoms with van der Waals surface area (Å²) in [7, 11) is -5.61. The zero-order chi connectivity index (χ0) is 29.4. The van der Waals surface area contributed by atoms with Crippen LogP contribution in [0.3, 0.4) is 0 Å². The van der Waals surface area contributed by atoms with Crippen molar-refractivity contribution in [2.45, 2.75) is 43.4 Å². The lowest BCUT2D eigenvalue weighted by atomic mass is 9.64. The Labute approximate surface area is 231 Å². The average molecular weight is 572 g/mol. The van der Waals surface area contributed by atoms with Gasteiger partial charge in [-0.25, -0.2) is 18.4 Å². The maximum atomic E-state index is 13.6. The summed E-state index contributed by atoms with van der Waals surface area (Å²) in [6, 6.07) is 6.10. The van der Waals surface area contributed by atoms with E-state index in [1.807, 2.05) is 25.1 Å². The number of likely N-dealkylation sites (N-methyl/N-ethyl adjacent to an activating group) is 1. The van der Waals surface area contributed by atoms with E-state index in [9.17, 15) is 37.7 Å². The van der Waals surface area contributed by atoms with Crippen LogP contribution in [0.2, 0.25) is 5.82 Å². The molecule has 1 fully saturated rings. The summed E-state index contributed by atoms with van der Waals surface area (Å²) in [5.41, 5.74) is 1.60. The average Bonchev–Trinajstić information content (AvgIpc) is 2.89. The largest absolute Gasteiger partial charge is 0.536 e. The summed E-state index contributed by atoms with van der Waals surface area (Å²) >= 11 is 0. The molecule has 0 radical (unpaired) electrons. The van der Waals surface area contributed by atoms with Crippen LogP contribution in [0.1, 0.15) is 36.1 Å². The number of benzene rings is 2. The summed E-state index contributed by atoms with van der Waals surface area (Å²) in [6.07, 6.45) is 0.0137. The zero-order valence-corrected chi connectivity index (χ0v) is 22.7. The molecule has 2 aromatic rings.